The average molecular weight is 364 g/mol. The summed E-state index contributed by atoms with van der Waals surface area (Å²) in [6, 6.07) is 8.15. The Morgan fingerprint density at radius 1 is 1.11 bits per heavy atom. The Balaban J connectivity index is 2.60. The van der Waals surface area contributed by atoms with Crippen LogP contribution in [0.4, 0.5) is 13.2 Å². The number of rotatable bonds is 1. The summed E-state index contributed by atoms with van der Waals surface area (Å²) >= 11 is 1.69. The van der Waals surface area contributed by atoms with E-state index in [0.717, 1.165) is 11.6 Å². The van der Waals surface area contributed by atoms with Crippen molar-refractivity contribution < 1.29 is 13.2 Å². The summed E-state index contributed by atoms with van der Waals surface area (Å²) in [5.41, 5.74) is 0.934. The standard InChI is InChI=1S/C12H8F3IN2/c1-7-4-2-3-5-8(7)9-6-10(12(13,14)15)18-11(16)17-9/h2-6H,1H3. The predicted octanol–water partition coefficient (Wildman–Crippen LogP) is 4.08. The number of aryl methyl sites for hydroxylation is 1. The van der Waals surface area contributed by atoms with E-state index in [4.69, 9.17) is 0 Å². The zero-order chi connectivity index (χ0) is 13.3. The van der Waals surface area contributed by atoms with Gasteiger partial charge in [-0.05, 0) is 18.6 Å². The van der Waals surface area contributed by atoms with E-state index >= 15 is 0 Å². The molecule has 0 aliphatic heterocycles. The van der Waals surface area contributed by atoms with Gasteiger partial charge >= 0.3 is 6.18 Å². The van der Waals surface area contributed by atoms with Crippen LogP contribution in [-0.2, 0) is 6.18 Å². The molecule has 0 spiro atoms. The van der Waals surface area contributed by atoms with Crippen LogP contribution >= 0.6 is 22.6 Å². The van der Waals surface area contributed by atoms with E-state index in [1.165, 1.54) is 0 Å². The van der Waals surface area contributed by atoms with Gasteiger partial charge in [-0.25, -0.2) is 9.97 Å². The van der Waals surface area contributed by atoms with E-state index in [2.05, 4.69) is 9.97 Å². The molecule has 0 amide bonds. The van der Waals surface area contributed by atoms with Gasteiger partial charge in [-0.2, -0.15) is 13.2 Å². The summed E-state index contributed by atoms with van der Waals surface area (Å²) < 4.78 is 38.1. The molecule has 0 fully saturated rings. The van der Waals surface area contributed by atoms with E-state index in [1.54, 1.807) is 34.7 Å². The highest BCUT2D eigenvalue weighted by molar-refractivity contribution is 14.1. The molecule has 0 aliphatic rings. The summed E-state index contributed by atoms with van der Waals surface area (Å²) in [5, 5.41) is 0. The first-order valence-corrected chi connectivity index (χ1v) is 6.13. The maximum absolute atomic E-state index is 12.7. The molecule has 0 bridgehead atoms. The third kappa shape index (κ3) is 2.80. The lowest BCUT2D eigenvalue weighted by Gasteiger charge is -2.09. The fourth-order valence-electron chi connectivity index (χ4n) is 1.56. The molecule has 2 nitrogen and oxygen atoms in total. The predicted molar refractivity (Wildman–Crippen MR) is 69.9 cm³/mol. The first-order valence-electron chi connectivity index (χ1n) is 5.06. The van der Waals surface area contributed by atoms with Crippen molar-refractivity contribution in [1.29, 1.82) is 0 Å². The van der Waals surface area contributed by atoms with Crippen molar-refractivity contribution in [2.24, 2.45) is 0 Å². The molecule has 18 heavy (non-hydrogen) atoms. The minimum Gasteiger partial charge on any atom is -0.223 e. The average Bonchev–Trinajstić information content (AvgIpc) is 2.27. The van der Waals surface area contributed by atoms with Crippen molar-refractivity contribution in [1.82, 2.24) is 9.97 Å². The maximum atomic E-state index is 12.7. The van der Waals surface area contributed by atoms with Crippen molar-refractivity contribution in [2.75, 3.05) is 0 Å². The molecule has 1 aromatic heterocycles. The number of alkyl halides is 3. The first kappa shape index (κ1) is 13.3. The van der Waals surface area contributed by atoms with Crippen molar-refractivity contribution in [3.63, 3.8) is 0 Å². The first-order chi connectivity index (χ1) is 8.38. The topological polar surface area (TPSA) is 25.8 Å². The van der Waals surface area contributed by atoms with Crippen molar-refractivity contribution in [3.05, 3.63) is 45.4 Å². The van der Waals surface area contributed by atoms with Gasteiger partial charge in [-0.1, -0.05) is 24.3 Å². The highest BCUT2D eigenvalue weighted by atomic mass is 127. The van der Waals surface area contributed by atoms with Crippen LogP contribution < -0.4 is 0 Å². The van der Waals surface area contributed by atoms with Crippen LogP contribution in [0.15, 0.2) is 30.3 Å². The number of aromatic nitrogens is 2. The van der Waals surface area contributed by atoms with E-state index in [0.29, 0.717) is 11.3 Å². The van der Waals surface area contributed by atoms with E-state index in [-0.39, 0.29) is 3.83 Å². The Hall–Kier alpha value is -1.18. The lowest BCUT2D eigenvalue weighted by molar-refractivity contribution is -0.141. The minimum absolute atomic E-state index is 0.0840. The number of halogens is 4. The molecular formula is C12H8F3IN2. The normalized spacial score (nSPS) is 11.6. The smallest absolute Gasteiger partial charge is 0.223 e. The van der Waals surface area contributed by atoms with Gasteiger partial charge in [0.25, 0.3) is 0 Å². The van der Waals surface area contributed by atoms with Crippen LogP contribution in [0.5, 0.6) is 0 Å². The van der Waals surface area contributed by atoms with Crippen molar-refractivity contribution in [3.8, 4) is 11.3 Å². The monoisotopic (exact) mass is 364 g/mol. The fraction of sp³-hybridized carbons (Fsp3) is 0.167. The molecule has 0 aliphatic carbocycles. The van der Waals surface area contributed by atoms with Crippen molar-refractivity contribution >= 4 is 22.6 Å². The van der Waals surface area contributed by atoms with E-state index in [1.807, 2.05) is 19.1 Å². The second-order valence-electron chi connectivity index (χ2n) is 3.72. The second kappa shape index (κ2) is 4.83. The molecule has 94 valence electrons. The molecule has 0 atom stereocenters. The summed E-state index contributed by atoms with van der Waals surface area (Å²) in [7, 11) is 0. The van der Waals surface area contributed by atoms with Gasteiger partial charge in [0.05, 0.1) is 5.69 Å². The molecule has 1 heterocycles. The molecule has 2 aromatic rings. The van der Waals surface area contributed by atoms with Gasteiger partial charge in [0.2, 0.25) is 0 Å². The number of hydrogen-bond donors (Lipinski definition) is 0. The second-order valence-corrected chi connectivity index (χ2v) is 4.68. The number of hydrogen-bond acceptors (Lipinski definition) is 2. The minimum atomic E-state index is -4.46. The van der Waals surface area contributed by atoms with Crippen LogP contribution in [-0.4, -0.2) is 9.97 Å². The molecule has 0 unspecified atom stereocenters. The maximum Gasteiger partial charge on any atom is 0.433 e. The molecular weight excluding hydrogens is 356 g/mol. The SMILES string of the molecule is Cc1ccccc1-c1cc(C(F)(F)F)nc(I)n1. The van der Waals surface area contributed by atoms with E-state index in [9.17, 15) is 13.2 Å². The van der Waals surface area contributed by atoms with Gasteiger partial charge in [0.1, 0.15) is 5.69 Å². The summed E-state index contributed by atoms with van der Waals surface area (Å²) in [4.78, 5) is 7.46. The summed E-state index contributed by atoms with van der Waals surface area (Å²) in [6.07, 6.45) is -4.46. The lowest BCUT2D eigenvalue weighted by atomic mass is 10.1. The zero-order valence-electron chi connectivity index (χ0n) is 9.29. The quantitative estimate of drug-likeness (QED) is 0.563. The van der Waals surface area contributed by atoms with Gasteiger partial charge in [0, 0.05) is 28.2 Å². The number of nitrogens with zero attached hydrogens (tertiary/aromatic N) is 2. The largest absolute Gasteiger partial charge is 0.433 e. The molecule has 0 saturated carbocycles. The Labute approximate surface area is 115 Å². The Morgan fingerprint density at radius 2 is 1.78 bits per heavy atom. The van der Waals surface area contributed by atoms with Crippen LogP contribution in [0, 0.1) is 10.8 Å². The van der Waals surface area contributed by atoms with Gasteiger partial charge in [-0.15, -0.1) is 0 Å². The van der Waals surface area contributed by atoms with Crippen molar-refractivity contribution in [2.45, 2.75) is 13.1 Å². The third-order valence-electron chi connectivity index (χ3n) is 2.41. The molecule has 0 N–H and O–H groups in total. The lowest BCUT2D eigenvalue weighted by Crippen LogP contribution is -2.10. The Bertz CT molecular complexity index is 582. The zero-order valence-corrected chi connectivity index (χ0v) is 11.5. The van der Waals surface area contributed by atoms with E-state index < -0.39 is 11.9 Å². The molecule has 6 heteroatoms. The summed E-state index contributed by atoms with van der Waals surface area (Å²) in [6.45, 7) is 1.83. The van der Waals surface area contributed by atoms with Gasteiger partial charge < -0.3 is 0 Å². The van der Waals surface area contributed by atoms with Crippen LogP contribution in [0.2, 0.25) is 0 Å². The number of benzene rings is 1. The van der Waals surface area contributed by atoms with Gasteiger partial charge in [0.15, 0.2) is 3.83 Å². The summed E-state index contributed by atoms with van der Waals surface area (Å²) in [5.74, 6) is 0. The highest BCUT2D eigenvalue weighted by Crippen LogP contribution is 2.31. The Kier molecular flexibility index (Phi) is 3.56. The molecule has 0 saturated heterocycles. The highest BCUT2D eigenvalue weighted by Gasteiger charge is 2.33. The molecule has 1 aromatic carbocycles. The molecule has 2 rings (SSSR count). The Morgan fingerprint density at radius 3 is 2.39 bits per heavy atom. The van der Waals surface area contributed by atoms with Gasteiger partial charge in [-0.3, -0.25) is 0 Å². The van der Waals surface area contributed by atoms with Crippen LogP contribution in [0.1, 0.15) is 11.3 Å². The van der Waals surface area contributed by atoms with Crippen LogP contribution in [0.25, 0.3) is 11.3 Å². The fourth-order valence-corrected chi connectivity index (χ4v) is 2.08. The van der Waals surface area contributed by atoms with Crippen LogP contribution in [0.3, 0.4) is 0 Å². The third-order valence-corrected chi connectivity index (χ3v) is 2.89. The molecule has 0 radical (unpaired) electrons.